The van der Waals surface area contributed by atoms with Crippen molar-refractivity contribution in [3.05, 3.63) is 287 Å². The monoisotopic (exact) mass is 1120 g/mol. The second kappa shape index (κ2) is 31.9. The van der Waals surface area contributed by atoms with E-state index >= 15 is 0 Å². The molecule has 82 heavy (non-hydrogen) atoms. The van der Waals surface area contributed by atoms with Gasteiger partial charge in [-0.1, -0.05) is 243 Å². The zero-order valence-electron chi connectivity index (χ0n) is 46.4. The van der Waals surface area contributed by atoms with Crippen molar-refractivity contribution in [1.82, 2.24) is 0 Å². The van der Waals surface area contributed by atoms with Gasteiger partial charge in [-0.15, -0.1) is 11.8 Å². The number of ether oxygens (including phenoxy) is 11. The number of hydrogen-bond acceptors (Lipinski definition) is 12. The first-order valence-corrected chi connectivity index (χ1v) is 29.3. The lowest BCUT2D eigenvalue weighted by Gasteiger charge is -2.46. The van der Waals surface area contributed by atoms with Crippen molar-refractivity contribution in [3.8, 4) is 0 Å². The van der Waals surface area contributed by atoms with E-state index in [1.807, 2.05) is 158 Å². The molecule has 0 saturated carbocycles. The quantitative estimate of drug-likeness (QED) is 0.0428. The minimum absolute atomic E-state index is 0.129. The molecule has 12 heteroatoms. The van der Waals surface area contributed by atoms with Crippen LogP contribution in [0, 0.1) is 0 Å². The number of rotatable bonds is 30. The van der Waals surface area contributed by atoms with Gasteiger partial charge in [-0.3, -0.25) is 0 Å². The Kier molecular flexibility index (Phi) is 22.9. The fraction of sp³-hybridized carbons (Fsp3) is 0.314. The maximum atomic E-state index is 7.31. The van der Waals surface area contributed by atoms with Gasteiger partial charge in [-0.2, -0.15) is 0 Å². The Bertz CT molecular complexity index is 2970. The largest absolute Gasteiger partial charge is 0.374 e. The zero-order chi connectivity index (χ0) is 55.8. The summed E-state index contributed by atoms with van der Waals surface area (Å²) in [7, 11) is 1.64. The molecule has 2 aliphatic rings. The van der Waals surface area contributed by atoms with Gasteiger partial charge in [-0.25, -0.2) is 0 Å². The van der Waals surface area contributed by atoms with Crippen LogP contribution in [0.25, 0.3) is 0 Å². The first-order chi connectivity index (χ1) is 40.6. The van der Waals surface area contributed by atoms with Gasteiger partial charge in [0.15, 0.2) is 6.29 Å². The summed E-state index contributed by atoms with van der Waals surface area (Å²) in [5.41, 5.74) is 7.61. The summed E-state index contributed by atoms with van der Waals surface area (Å²) in [5, 5.41) is 0. The summed E-state index contributed by atoms with van der Waals surface area (Å²) in [6, 6.07) is 81.4. The van der Waals surface area contributed by atoms with Crippen LogP contribution in [0.1, 0.15) is 50.6 Å². The molecule has 0 amide bonds. The van der Waals surface area contributed by atoms with E-state index in [2.05, 4.69) is 84.9 Å². The molecule has 8 aromatic carbocycles. The van der Waals surface area contributed by atoms with Crippen LogP contribution in [0.5, 0.6) is 0 Å². The summed E-state index contributed by atoms with van der Waals surface area (Å²) < 4.78 is 76.1. The molecular formula is C70H74O11S. The van der Waals surface area contributed by atoms with Gasteiger partial charge in [0.2, 0.25) is 0 Å². The summed E-state index contributed by atoms with van der Waals surface area (Å²) >= 11 is 1.63. The van der Waals surface area contributed by atoms with E-state index in [1.54, 1.807) is 18.9 Å². The molecule has 10 rings (SSSR count). The molecule has 2 heterocycles. The molecule has 11 nitrogen and oxygen atoms in total. The molecular weight excluding hydrogens is 1050 g/mol. The highest BCUT2D eigenvalue weighted by atomic mass is 32.2. The number of methoxy groups -OCH3 is 1. The molecule has 0 aliphatic carbocycles. The highest BCUT2D eigenvalue weighted by molar-refractivity contribution is 7.99. The van der Waals surface area contributed by atoms with E-state index < -0.39 is 66.7 Å². The van der Waals surface area contributed by atoms with E-state index in [0.29, 0.717) is 52.0 Å². The molecule has 0 bridgehead atoms. The number of hydrogen-bond donors (Lipinski definition) is 0. The third-order valence-corrected chi connectivity index (χ3v) is 15.8. The molecule has 8 aromatic rings. The number of benzene rings is 8. The molecule has 426 valence electrons. The van der Waals surface area contributed by atoms with Crippen LogP contribution in [0.3, 0.4) is 0 Å². The predicted octanol–water partition coefficient (Wildman–Crippen LogP) is 13.3. The van der Waals surface area contributed by atoms with E-state index in [9.17, 15) is 0 Å². The van der Waals surface area contributed by atoms with Crippen LogP contribution in [-0.2, 0) is 98.4 Å². The fourth-order valence-corrected chi connectivity index (χ4v) is 11.5. The third kappa shape index (κ3) is 17.4. The van der Waals surface area contributed by atoms with Crippen molar-refractivity contribution in [2.45, 2.75) is 113 Å². The summed E-state index contributed by atoms with van der Waals surface area (Å²) in [4.78, 5) is 0. The third-order valence-electron chi connectivity index (χ3n) is 14.6. The Hall–Kier alpha value is -6.33. The molecule has 0 aromatic heterocycles. The Morgan fingerprint density at radius 3 is 1.05 bits per heavy atom. The van der Waals surface area contributed by atoms with Gasteiger partial charge in [-0.05, 0) is 44.5 Å². The molecule has 2 fully saturated rings. The maximum absolute atomic E-state index is 7.31. The number of thioether (sulfide) groups is 1. The molecule has 0 spiro atoms. The van der Waals surface area contributed by atoms with Crippen molar-refractivity contribution in [2.24, 2.45) is 0 Å². The van der Waals surface area contributed by atoms with Crippen LogP contribution < -0.4 is 0 Å². The van der Waals surface area contributed by atoms with E-state index in [-0.39, 0.29) is 13.2 Å². The predicted molar refractivity (Wildman–Crippen MR) is 318 cm³/mol. The first kappa shape index (κ1) is 58.9. The van der Waals surface area contributed by atoms with Crippen molar-refractivity contribution >= 4 is 11.8 Å². The maximum Gasteiger partial charge on any atom is 0.186 e. The van der Waals surface area contributed by atoms with Crippen molar-refractivity contribution < 1.29 is 52.1 Å². The summed E-state index contributed by atoms with van der Waals surface area (Å²) in [6.07, 6.45) is -6.19. The minimum atomic E-state index is -0.816. The lowest BCUT2D eigenvalue weighted by atomic mass is 9.97. The Balaban J connectivity index is 0.952. The van der Waals surface area contributed by atoms with Crippen LogP contribution in [0.2, 0.25) is 0 Å². The van der Waals surface area contributed by atoms with Crippen LogP contribution in [0.15, 0.2) is 243 Å². The molecule has 0 radical (unpaired) electrons. The van der Waals surface area contributed by atoms with Gasteiger partial charge in [0.25, 0.3) is 0 Å². The van der Waals surface area contributed by atoms with Gasteiger partial charge < -0.3 is 52.1 Å². The molecule has 11 atom stereocenters. The van der Waals surface area contributed by atoms with Gasteiger partial charge in [0, 0.05) is 12.9 Å². The molecule has 0 unspecified atom stereocenters. The SMILES string of the molecule is CO[C@H]1O[C@H](CO[C@H](CS[C@@H]2O[C@H](COCc3ccccc3)[C@@H](OCc3ccccc3)[C@H](OCc3ccccc3)[C@H]2OCc2ccccc2)c2ccccc2)[C@@H](OCc2ccccc2)[C@H](OCc2ccccc2)[C@H]1OCc1ccccc1. The summed E-state index contributed by atoms with van der Waals surface area (Å²) in [6.45, 7) is 2.71. The standard InChI is InChI=1S/C70H74O11S/c1-71-69-67(78-47-57-36-20-7-21-37-57)65(76-45-55-32-16-5-17-33-55)64(75-44-54-30-14-4-15-31-54)61(80-69)50-73-62(59-40-24-9-25-41-59)51-82-70-68(79-48-58-38-22-8-23-39-58)66(77-46-56-34-18-6-19-35-56)63(74-43-53-28-12-3-13-29-53)60(81-70)49-72-42-52-26-10-2-11-27-52/h2-41,60-70H,42-51H2,1H3/t60-,61-,62-,63-,64-,65+,66+,67-,68-,69+,70+/m1/s1. The average molecular weight is 1120 g/mol. The van der Waals surface area contributed by atoms with Crippen molar-refractivity contribution in [1.29, 1.82) is 0 Å². The highest BCUT2D eigenvalue weighted by Gasteiger charge is 2.51. The van der Waals surface area contributed by atoms with Crippen LogP contribution in [-0.4, -0.2) is 86.6 Å². The topological polar surface area (TPSA) is 102 Å². The highest BCUT2D eigenvalue weighted by Crippen LogP contribution is 2.39. The Morgan fingerprint density at radius 2 is 0.659 bits per heavy atom. The fourth-order valence-electron chi connectivity index (χ4n) is 10.3. The summed E-state index contributed by atoms with van der Waals surface area (Å²) in [5.74, 6) is 0.463. The van der Waals surface area contributed by atoms with Crippen LogP contribution in [0.4, 0.5) is 0 Å². The molecule has 0 N–H and O–H groups in total. The second-order valence-corrected chi connectivity index (χ2v) is 21.6. The van der Waals surface area contributed by atoms with E-state index in [4.69, 9.17) is 52.1 Å². The zero-order valence-corrected chi connectivity index (χ0v) is 47.2. The molecule has 2 aliphatic heterocycles. The van der Waals surface area contributed by atoms with Gasteiger partial charge in [0.1, 0.15) is 54.3 Å². The molecule has 2 saturated heterocycles. The smallest absolute Gasteiger partial charge is 0.186 e. The Labute approximate surface area is 487 Å². The van der Waals surface area contributed by atoms with E-state index in [0.717, 1.165) is 44.5 Å². The van der Waals surface area contributed by atoms with E-state index in [1.165, 1.54) is 0 Å². The van der Waals surface area contributed by atoms with Gasteiger partial charge >= 0.3 is 0 Å². The van der Waals surface area contributed by atoms with Crippen molar-refractivity contribution in [3.63, 3.8) is 0 Å². The second-order valence-electron chi connectivity index (χ2n) is 20.5. The Morgan fingerprint density at radius 1 is 0.341 bits per heavy atom. The van der Waals surface area contributed by atoms with Gasteiger partial charge in [0.05, 0.1) is 65.6 Å². The van der Waals surface area contributed by atoms with Crippen molar-refractivity contribution in [2.75, 3.05) is 26.1 Å². The first-order valence-electron chi connectivity index (χ1n) is 28.3. The normalized spacial score (nSPS) is 23.0. The lowest BCUT2D eigenvalue weighted by molar-refractivity contribution is -0.324. The van der Waals surface area contributed by atoms with Crippen LogP contribution >= 0.6 is 11.8 Å². The lowest BCUT2D eigenvalue weighted by Crippen LogP contribution is -2.61. The minimum Gasteiger partial charge on any atom is -0.374 e. The average Bonchev–Trinajstić information content (AvgIpc) is 3.72.